The highest BCUT2D eigenvalue weighted by atomic mass is 35.5. The summed E-state index contributed by atoms with van der Waals surface area (Å²) in [5.41, 5.74) is -0.0871. The van der Waals surface area contributed by atoms with Crippen LogP contribution >= 0.6 is 11.6 Å². The molecule has 5 heteroatoms. The van der Waals surface area contributed by atoms with Crippen molar-refractivity contribution in [2.75, 3.05) is 13.2 Å². The number of hydrogen-bond donors (Lipinski definition) is 0. The summed E-state index contributed by atoms with van der Waals surface area (Å²) >= 11 is 5.70. The van der Waals surface area contributed by atoms with Gasteiger partial charge in [0, 0.05) is 11.6 Å². The van der Waals surface area contributed by atoms with Gasteiger partial charge in [0.15, 0.2) is 11.5 Å². The molecule has 1 aliphatic rings. The fourth-order valence-corrected chi connectivity index (χ4v) is 1.45. The quantitative estimate of drug-likeness (QED) is 0.681. The van der Waals surface area contributed by atoms with Crippen molar-refractivity contribution in [1.82, 2.24) is 0 Å². The summed E-state index contributed by atoms with van der Waals surface area (Å²) in [6.45, 7) is 0.842. The van der Waals surface area contributed by atoms with Crippen molar-refractivity contribution in [3.05, 3.63) is 22.7 Å². The lowest BCUT2D eigenvalue weighted by atomic mass is 10.2. The van der Waals surface area contributed by atoms with Gasteiger partial charge in [0.05, 0.1) is 11.0 Å². The van der Waals surface area contributed by atoms with Crippen LogP contribution in [0.15, 0.2) is 12.1 Å². The van der Waals surface area contributed by atoms with E-state index in [0.29, 0.717) is 24.7 Å². The molecule has 1 aromatic carbocycles. The number of benzene rings is 1. The Kier molecular flexibility index (Phi) is 2.21. The zero-order chi connectivity index (χ0) is 10.1. The van der Waals surface area contributed by atoms with Gasteiger partial charge >= 0.3 is 0 Å². The van der Waals surface area contributed by atoms with E-state index in [1.165, 1.54) is 12.1 Å². The van der Waals surface area contributed by atoms with E-state index in [1.807, 2.05) is 0 Å². The molecule has 0 atom stereocenters. The van der Waals surface area contributed by atoms with Gasteiger partial charge in [-0.3, -0.25) is 0 Å². The van der Waals surface area contributed by atoms with Crippen molar-refractivity contribution in [2.45, 2.75) is 0 Å². The first-order chi connectivity index (χ1) is 6.68. The molecule has 1 aromatic rings. The summed E-state index contributed by atoms with van der Waals surface area (Å²) in [4.78, 5) is 10.6. The molecule has 14 heavy (non-hydrogen) atoms. The van der Waals surface area contributed by atoms with Gasteiger partial charge in [-0.1, -0.05) is 11.6 Å². The van der Waals surface area contributed by atoms with Crippen molar-refractivity contribution in [1.29, 1.82) is 0 Å². The SMILES string of the molecule is O=C([O-])c1cc2c(cc1Cl)OCCO2. The molecule has 0 aromatic heterocycles. The molecule has 0 aliphatic carbocycles. The Morgan fingerprint density at radius 2 is 1.86 bits per heavy atom. The zero-order valence-electron chi connectivity index (χ0n) is 7.08. The van der Waals surface area contributed by atoms with Crippen molar-refractivity contribution in [3.8, 4) is 11.5 Å². The Hall–Kier alpha value is -1.42. The number of aromatic carboxylic acids is 1. The second-order valence-corrected chi connectivity index (χ2v) is 3.17. The summed E-state index contributed by atoms with van der Waals surface area (Å²) in [6, 6.07) is 2.73. The molecule has 0 saturated carbocycles. The highest BCUT2D eigenvalue weighted by molar-refractivity contribution is 6.33. The molecule has 4 nitrogen and oxygen atoms in total. The van der Waals surface area contributed by atoms with Gasteiger partial charge in [-0.2, -0.15) is 0 Å². The summed E-state index contributed by atoms with van der Waals surface area (Å²) < 4.78 is 10.4. The van der Waals surface area contributed by atoms with Crippen molar-refractivity contribution < 1.29 is 19.4 Å². The lowest BCUT2D eigenvalue weighted by Gasteiger charge is -2.19. The lowest BCUT2D eigenvalue weighted by molar-refractivity contribution is -0.255. The number of carboxylic acids is 1. The van der Waals surface area contributed by atoms with Crippen LogP contribution in [-0.2, 0) is 0 Å². The Balaban J connectivity index is 2.50. The van der Waals surface area contributed by atoms with Crippen LogP contribution in [0.1, 0.15) is 10.4 Å². The summed E-state index contributed by atoms with van der Waals surface area (Å²) in [7, 11) is 0. The molecule has 1 heterocycles. The average molecular weight is 214 g/mol. The maximum absolute atomic E-state index is 10.6. The lowest BCUT2D eigenvalue weighted by Crippen LogP contribution is -2.23. The molecule has 1 aliphatic heterocycles. The molecule has 74 valence electrons. The van der Waals surface area contributed by atoms with Crippen LogP contribution in [-0.4, -0.2) is 19.2 Å². The van der Waals surface area contributed by atoms with Crippen LogP contribution in [0, 0.1) is 0 Å². The Morgan fingerprint density at radius 1 is 1.29 bits per heavy atom. The van der Waals surface area contributed by atoms with Crippen molar-refractivity contribution in [2.24, 2.45) is 0 Å². The smallest absolute Gasteiger partial charge is 0.162 e. The molecule has 0 N–H and O–H groups in total. The third-order valence-electron chi connectivity index (χ3n) is 1.85. The van der Waals surface area contributed by atoms with E-state index < -0.39 is 5.97 Å². The fourth-order valence-electron chi connectivity index (χ4n) is 1.22. The normalized spacial score (nSPS) is 13.8. The van der Waals surface area contributed by atoms with Gasteiger partial charge in [-0.05, 0) is 6.07 Å². The highest BCUT2D eigenvalue weighted by Crippen LogP contribution is 2.34. The third kappa shape index (κ3) is 1.48. The van der Waals surface area contributed by atoms with E-state index >= 15 is 0 Å². The predicted octanol–water partition coefficient (Wildman–Crippen LogP) is 0.475. The number of hydrogen-bond acceptors (Lipinski definition) is 4. The second-order valence-electron chi connectivity index (χ2n) is 2.76. The number of carbonyl (C=O) groups is 1. The minimum Gasteiger partial charge on any atom is -0.545 e. The number of halogens is 1. The number of carboxylic acid groups (broad SMARTS) is 1. The van der Waals surface area contributed by atoms with E-state index in [9.17, 15) is 9.90 Å². The zero-order valence-corrected chi connectivity index (χ0v) is 7.84. The van der Waals surface area contributed by atoms with Gasteiger partial charge in [-0.25, -0.2) is 0 Å². The van der Waals surface area contributed by atoms with Crippen LogP contribution < -0.4 is 14.6 Å². The minimum absolute atomic E-state index is 0.0871. The first kappa shape index (κ1) is 9.15. The molecule has 0 saturated heterocycles. The first-order valence-corrected chi connectivity index (χ1v) is 4.37. The largest absolute Gasteiger partial charge is 0.545 e. The molecule has 0 fully saturated rings. The first-order valence-electron chi connectivity index (χ1n) is 3.99. The van der Waals surface area contributed by atoms with E-state index in [1.54, 1.807) is 0 Å². The Labute approximate surface area is 85.0 Å². The molecule has 0 spiro atoms. The molecule has 0 amide bonds. The molecule has 0 radical (unpaired) electrons. The number of rotatable bonds is 1. The third-order valence-corrected chi connectivity index (χ3v) is 2.16. The van der Waals surface area contributed by atoms with Gasteiger partial charge in [-0.15, -0.1) is 0 Å². The summed E-state index contributed by atoms with van der Waals surface area (Å²) in [5.74, 6) is -0.474. The van der Waals surface area contributed by atoms with Crippen LogP contribution in [0.2, 0.25) is 5.02 Å². The summed E-state index contributed by atoms with van der Waals surface area (Å²) in [6.07, 6.45) is 0. The Morgan fingerprint density at radius 3 is 2.43 bits per heavy atom. The fraction of sp³-hybridized carbons (Fsp3) is 0.222. The monoisotopic (exact) mass is 213 g/mol. The molecular weight excluding hydrogens is 208 g/mol. The van der Waals surface area contributed by atoms with Crippen LogP contribution in [0.25, 0.3) is 0 Å². The van der Waals surface area contributed by atoms with Crippen LogP contribution in [0.4, 0.5) is 0 Å². The molecular formula is C9H6ClO4-. The van der Waals surface area contributed by atoms with E-state index in [-0.39, 0.29) is 10.6 Å². The molecule has 0 bridgehead atoms. The topological polar surface area (TPSA) is 58.6 Å². The molecule has 0 unspecified atom stereocenters. The van der Waals surface area contributed by atoms with Gasteiger partial charge < -0.3 is 19.4 Å². The number of ether oxygens (including phenoxy) is 2. The number of fused-ring (bicyclic) bond motifs is 1. The second kappa shape index (κ2) is 3.38. The van der Waals surface area contributed by atoms with E-state index in [4.69, 9.17) is 21.1 Å². The van der Waals surface area contributed by atoms with Gasteiger partial charge in [0.1, 0.15) is 13.2 Å². The van der Waals surface area contributed by atoms with Crippen LogP contribution in [0.5, 0.6) is 11.5 Å². The summed E-state index contributed by atoms with van der Waals surface area (Å²) in [5, 5.41) is 10.7. The maximum atomic E-state index is 10.6. The van der Waals surface area contributed by atoms with Crippen molar-refractivity contribution >= 4 is 17.6 Å². The Bertz CT molecular complexity index is 389. The standard InChI is InChI=1S/C9H7ClO4/c10-6-4-8-7(13-1-2-14-8)3-5(6)9(11)12/h3-4H,1-2H2,(H,11,12)/p-1. The molecule has 2 rings (SSSR count). The number of carbonyl (C=O) groups excluding carboxylic acids is 1. The minimum atomic E-state index is -1.33. The van der Waals surface area contributed by atoms with Crippen molar-refractivity contribution in [3.63, 3.8) is 0 Å². The average Bonchev–Trinajstić information content (AvgIpc) is 2.16. The van der Waals surface area contributed by atoms with E-state index in [2.05, 4.69) is 0 Å². The van der Waals surface area contributed by atoms with Gasteiger partial charge in [0.2, 0.25) is 0 Å². The van der Waals surface area contributed by atoms with Crippen LogP contribution in [0.3, 0.4) is 0 Å². The van der Waals surface area contributed by atoms with Gasteiger partial charge in [0.25, 0.3) is 0 Å². The maximum Gasteiger partial charge on any atom is 0.162 e. The van der Waals surface area contributed by atoms with E-state index in [0.717, 1.165) is 0 Å². The predicted molar refractivity (Wildman–Crippen MR) is 46.8 cm³/mol. The highest BCUT2D eigenvalue weighted by Gasteiger charge is 2.15.